The van der Waals surface area contributed by atoms with Crippen molar-refractivity contribution in [3.63, 3.8) is 0 Å². The van der Waals surface area contributed by atoms with Gasteiger partial charge in [0.25, 0.3) is 5.91 Å². The van der Waals surface area contributed by atoms with E-state index in [1.165, 1.54) is 24.3 Å². The Hall–Kier alpha value is -1.93. The number of sulfonamides is 1. The number of hydrogen-bond acceptors (Lipinski definition) is 4. The molecule has 1 amide bonds. The van der Waals surface area contributed by atoms with Crippen LogP contribution in [0, 0.1) is 0 Å². The summed E-state index contributed by atoms with van der Waals surface area (Å²) in [6, 6.07) is 13.0. The first-order chi connectivity index (χ1) is 12.4. The van der Waals surface area contributed by atoms with Crippen LogP contribution in [0.1, 0.15) is 22.3 Å². The Kier molecular flexibility index (Phi) is 7.59. The van der Waals surface area contributed by atoms with Crippen molar-refractivity contribution in [2.45, 2.75) is 17.9 Å². The highest BCUT2D eigenvalue weighted by Crippen LogP contribution is 2.12. The first-order valence-corrected chi connectivity index (χ1v) is 9.90. The zero-order valence-corrected chi connectivity index (χ0v) is 15.9. The molecule has 0 aliphatic carbocycles. The Morgan fingerprint density at radius 1 is 1.08 bits per heavy atom. The Balaban J connectivity index is 1.93. The molecular weight excluding hydrogens is 376 g/mol. The van der Waals surface area contributed by atoms with E-state index in [4.69, 9.17) is 16.3 Å². The second-order valence-corrected chi connectivity index (χ2v) is 7.78. The van der Waals surface area contributed by atoms with E-state index in [1.54, 1.807) is 19.2 Å². The molecular formula is C18H21ClN2O4S. The van der Waals surface area contributed by atoms with Gasteiger partial charge >= 0.3 is 0 Å². The van der Waals surface area contributed by atoms with Crippen molar-refractivity contribution in [1.29, 1.82) is 0 Å². The highest BCUT2D eigenvalue weighted by molar-refractivity contribution is 7.89. The molecule has 2 rings (SSSR count). The average Bonchev–Trinajstić information content (AvgIpc) is 2.65. The summed E-state index contributed by atoms with van der Waals surface area (Å²) in [6.45, 7) is 1.13. The zero-order valence-electron chi connectivity index (χ0n) is 14.4. The first kappa shape index (κ1) is 20.4. The van der Waals surface area contributed by atoms with Gasteiger partial charge in [0.2, 0.25) is 10.0 Å². The molecule has 2 aromatic rings. The lowest BCUT2D eigenvalue weighted by atomic mass is 10.2. The van der Waals surface area contributed by atoms with Gasteiger partial charge in [-0.05, 0) is 48.4 Å². The molecule has 0 aromatic heterocycles. The Morgan fingerprint density at radius 3 is 2.35 bits per heavy atom. The van der Waals surface area contributed by atoms with Crippen molar-refractivity contribution in [1.82, 2.24) is 10.0 Å². The van der Waals surface area contributed by atoms with E-state index in [2.05, 4.69) is 10.0 Å². The van der Waals surface area contributed by atoms with Crippen LogP contribution < -0.4 is 10.0 Å². The number of halogens is 1. The maximum Gasteiger partial charge on any atom is 0.251 e. The fourth-order valence-electron chi connectivity index (χ4n) is 2.18. The predicted octanol–water partition coefficient (Wildman–Crippen LogP) is 2.58. The zero-order chi connectivity index (χ0) is 19.0. The van der Waals surface area contributed by atoms with Crippen molar-refractivity contribution in [2.24, 2.45) is 0 Å². The van der Waals surface area contributed by atoms with E-state index >= 15 is 0 Å². The molecule has 140 valence electrons. The molecule has 26 heavy (non-hydrogen) atoms. The molecule has 0 atom stereocenters. The van der Waals surface area contributed by atoms with Crippen LogP contribution in [0.5, 0.6) is 0 Å². The smallest absolute Gasteiger partial charge is 0.251 e. The second kappa shape index (κ2) is 9.68. The van der Waals surface area contributed by atoms with Crippen molar-refractivity contribution in [3.8, 4) is 0 Å². The van der Waals surface area contributed by atoms with Crippen LogP contribution in [0.15, 0.2) is 53.4 Å². The minimum absolute atomic E-state index is 0.115. The van der Waals surface area contributed by atoms with Gasteiger partial charge in [-0.3, -0.25) is 4.79 Å². The third-order valence-corrected chi connectivity index (χ3v) is 5.34. The second-order valence-electron chi connectivity index (χ2n) is 5.58. The maximum atomic E-state index is 12.2. The van der Waals surface area contributed by atoms with Crippen molar-refractivity contribution >= 4 is 27.5 Å². The molecule has 0 radical (unpaired) electrons. The van der Waals surface area contributed by atoms with Crippen LogP contribution in [0.25, 0.3) is 0 Å². The monoisotopic (exact) mass is 396 g/mol. The van der Waals surface area contributed by atoms with Gasteiger partial charge in [-0.2, -0.15) is 0 Å². The summed E-state index contributed by atoms with van der Waals surface area (Å²) in [5.74, 6) is -0.281. The molecule has 0 spiro atoms. The number of benzene rings is 2. The normalized spacial score (nSPS) is 11.3. The highest BCUT2D eigenvalue weighted by Gasteiger charge is 2.14. The van der Waals surface area contributed by atoms with Gasteiger partial charge in [-0.15, -0.1) is 0 Å². The molecule has 0 fully saturated rings. The van der Waals surface area contributed by atoms with Gasteiger partial charge in [-0.1, -0.05) is 23.7 Å². The van der Waals surface area contributed by atoms with Gasteiger partial charge in [0.15, 0.2) is 0 Å². The van der Waals surface area contributed by atoms with E-state index in [0.29, 0.717) is 36.7 Å². The first-order valence-electron chi connectivity index (χ1n) is 8.04. The molecule has 0 bridgehead atoms. The molecule has 8 heteroatoms. The van der Waals surface area contributed by atoms with Gasteiger partial charge in [-0.25, -0.2) is 13.1 Å². The SMILES string of the molecule is COCCCNS(=O)(=O)c1ccc(C(=O)NCc2ccc(Cl)cc2)cc1. The molecule has 0 saturated heterocycles. The Bertz CT molecular complexity index is 821. The van der Waals surface area contributed by atoms with Gasteiger partial charge < -0.3 is 10.1 Å². The van der Waals surface area contributed by atoms with Crippen molar-refractivity contribution in [3.05, 3.63) is 64.7 Å². The number of nitrogens with one attached hydrogen (secondary N) is 2. The van der Waals surface area contributed by atoms with Crippen LogP contribution >= 0.6 is 11.6 Å². The summed E-state index contributed by atoms with van der Waals surface area (Å²) in [5.41, 5.74) is 1.31. The fraction of sp³-hybridized carbons (Fsp3) is 0.278. The molecule has 2 aromatic carbocycles. The third-order valence-electron chi connectivity index (χ3n) is 3.61. The van der Waals surface area contributed by atoms with Gasteiger partial charge in [0.1, 0.15) is 0 Å². The summed E-state index contributed by atoms with van der Waals surface area (Å²) < 4.78 is 31.7. The minimum Gasteiger partial charge on any atom is -0.385 e. The van der Waals surface area contributed by atoms with Crippen LogP contribution in [-0.4, -0.2) is 34.6 Å². The number of rotatable bonds is 9. The number of carbonyl (C=O) groups is 1. The fourth-order valence-corrected chi connectivity index (χ4v) is 3.38. The lowest BCUT2D eigenvalue weighted by Gasteiger charge is -2.08. The van der Waals surface area contributed by atoms with Gasteiger partial charge in [0.05, 0.1) is 4.90 Å². The van der Waals surface area contributed by atoms with E-state index < -0.39 is 10.0 Å². The maximum absolute atomic E-state index is 12.2. The van der Waals surface area contributed by atoms with Crippen LogP contribution in [0.3, 0.4) is 0 Å². The third kappa shape index (κ3) is 6.10. The number of methoxy groups -OCH3 is 1. The predicted molar refractivity (Wildman–Crippen MR) is 101 cm³/mol. The van der Waals surface area contributed by atoms with E-state index in [0.717, 1.165) is 5.56 Å². The minimum atomic E-state index is -3.59. The summed E-state index contributed by atoms with van der Waals surface area (Å²) in [7, 11) is -2.03. The number of carbonyl (C=O) groups excluding carboxylic acids is 1. The molecule has 0 unspecified atom stereocenters. The van der Waals surface area contributed by atoms with E-state index in [-0.39, 0.29) is 10.8 Å². The summed E-state index contributed by atoms with van der Waals surface area (Å²) >= 11 is 5.82. The summed E-state index contributed by atoms with van der Waals surface area (Å²) in [4.78, 5) is 12.3. The molecule has 0 heterocycles. The van der Waals surface area contributed by atoms with E-state index in [1.807, 2.05) is 12.1 Å². The molecule has 0 saturated carbocycles. The Labute approximate surface area is 158 Å². The summed E-state index contributed by atoms with van der Waals surface area (Å²) in [5, 5.41) is 3.41. The standard InChI is InChI=1S/C18H21ClN2O4S/c1-25-12-2-11-21-26(23,24)17-9-5-15(6-10-17)18(22)20-13-14-3-7-16(19)8-4-14/h3-10,21H,2,11-13H2,1H3,(H,20,22). The van der Waals surface area contributed by atoms with Crippen LogP contribution in [-0.2, 0) is 21.3 Å². The van der Waals surface area contributed by atoms with Crippen LogP contribution in [0.4, 0.5) is 0 Å². The lowest BCUT2D eigenvalue weighted by molar-refractivity contribution is 0.0951. The molecule has 6 nitrogen and oxygen atoms in total. The largest absolute Gasteiger partial charge is 0.385 e. The lowest BCUT2D eigenvalue weighted by Crippen LogP contribution is -2.26. The Morgan fingerprint density at radius 2 is 1.73 bits per heavy atom. The number of ether oxygens (including phenoxy) is 1. The highest BCUT2D eigenvalue weighted by atomic mass is 35.5. The molecule has 2 N–H and O–H groups in total. The summed E-state index contributed by atoms with van der Waals surface area (Å²) in [6.07, 6.45) is 0.584. The topological polar surface area (TPSA) is 84.5 Å². The average molecular weight is 397 g/mol. The number of amides is 1. The molecule has 0 aliphatic heterocycles. The van der Waals surface area contributed by atoms with E-state index in [9.17, 15) is 13.2 Å². The van der Waals surface area contributed by atoms with Crippen molar-refractivity contribution in [2.75, 3.05) is 20.3 Å². The molecule has 0 aliphatic rings. The van der Waals surface area contributed by atoms with Gasteiger partial charge in [0, 0.05) is 37.4 Å². The van der Waals surface area contributed by atoms with Crippen LogP contribution in [0.2, 0.25) is 5.02 Å². The van der Waals surface area contributed by atoms with Crippen molar-refractivity contribution < 1.29 is 17.9 Å². The number of hydrogen-bond donors (Lipinski definition) is 2. The quantitative estimate of drug-likeness (QED) is 0.638.